The van der Waals surface area contributed by atoms with Crippen LogP contribution >= 0.6 is 11.6 Å². The van der Waals surface area contributed by atoms with E-state index in [9.17, 15) is 0 Å². The van der Waals surface area contributed by atoms with Crippen LogP contribution in [0, 0.1) is 11.3 Å². The third kappa shape index (κ3) is 2.51. The van der Waals surface area contributed by atoms with Gasteiger partial charge < -0.3 is 4.98 Å². The summed E-state index contributed by atoms with van der Waals surface area (Å²) in [5, 5.41) is 1.34. The summed E-state index contributed by atoms with van der Waals surface area (Å²) in [4.78, 5) is 8.48. The van der Waals surface area contributed by atoms with Gasteiger partial charge >= 0.3 is 0 Å². The van der Waals surface area contributed by atoms with Gasteiger partial charge in [-0.1, -0.05) is 58.9 Å². The van der Waals surface area contributed by atoms with E-state index in [0.717, 1.165) is 6.42 Å². The Balaban J connectivity index is 2.13. The average Bonchev–Trinajstić information content (AvgIpc) is 3.08. The van der Waals surface area contributed by atoms with E-state index in [4.69, 9.17) is 16.6 Å². The molecule has 0 amide bonds. The maximum Gasteiger partial charge on any atom is 0.0666 e. The number of hydrogen-bond donors (Lipinski definition) is 1. The number of nitrogens with zero attached hydrogens (tertiary/aromatic N) is 1. The van der Waals surface area contributed by atoms with Crippen LogP contribution in [-0.4, -0.2) is 23.1 Å². The molecule has 2 aromatic rings. The molecular weight excluding hydrogens is 376 g/mol. The van der Waals surface area contributed by atoms with Gasteiger partial charge in [-0.15, -0.1) is 24.8 Å². The Hall–Kier alpha value is -1.80. The number of aliphatic imine (C=N–C) groups is 1. The second-order valence-electron chi connectivity index (χ2n) is 10.3. The van der Waals surface area contributed by atoms with E-state index >= 15 is 0 Å². The number of aromatic amines is 1. The largest absolute Gasteiger partial charge is 0.357 e. The summed E-state index contributed by atoms with van der Waals surface area (Å²) in [5.74, 6) is 0.611. The van der Waals surface area contributed by atoms with Crippen molar-refractivity contribution in [1.29, 1.82) is 0 Å². The molecule has 154 valence electrons. The van der Waals surface area contributed by atoms with Crippen molar-refractivity contribution in [2.45, 2.75) is 69.2 Å². The Morgan fingerprint density at radius 1 is 1.24 bits per heavy atom. The summed E-state index contributed by atoms with van der Waals surface area (Å²) in [6.07, 6.45) is 4.98. The van der Waals surface area contributed by atoms with E-state index in [1.165, 1.54) is 27.7 Å². The van der Waals surface area contributed by atoms with Crippen LogP contribution in [0.3, 0.4) is 0 Å². The van der Waals surface area contributed by atoms with Gasteiger partial charge in [-0.05, 0) is 41.7 Å². The van der Waals surface area contributed by atoms with Gasteiger partial charge in [0.05, 0.1) is 6.04 Å². The number of aromatic nitrogens is 1. The van der Waals surface area contributed by atoms with Crippen LogP contribution in [0.1, 0.15) is 63.8 Å². The van der Waals surface area contributed by atoms with Crippen molar-refractivity contribution in [2.75, 3.05) is 0 Å². The second-order valence-corrected chi connectivity index (χ2v) is 10.8. The summed E-state index contributed by atoms with van der Waals surface area (Å²) in [6.45, 7) is 23.7. The number of H-pyrrole nitrogens is 1. The van der Waals surface area contributed by atoms with Gasteiger partial charge in [0.15, 0.2) is 0 Å². The minimum absolute atomic E-state index is 0.00641. The van der Waals surface area contributed by atoms with Crippen molar-refractivity contribution in [3.63, 3.8) is 0 Å². The summed E-state index contributed by atoms with van der Waals surface area (Å²) in [7, 11) is 0. The van der Waals surface area contributed by atoms with Crippen molar-refractivity contribution in [3.8, 4) is 0 Å². The van der Waals surface area contributed by atoms with Gasteiger partial charge in [-0.2, -0.15) is 0 Å². The molecule has 0 spiro atoms. The Bertz CT molecular complexity index is 1010. The van der Waals surface area contributed by atoms with E-state index in [1.807, 2.05) is 12.2 Å². The van der Waals surface area contributed by atoms with Crippen LogP contribution < -0.4 is 0 Å². The fourth-order valence-electron chi connectivity index (χ4n) is 6.03. The number of fused-ring (bicyclic) bond motifs is 2. The molecule has 3 heteroatoms. The topological polar surface area (TPSA) is 28.1 Å². The Kier molecular flexibility index (Phi) is 4.48. The molecule has 0 bridgehead atoms. The molecule has 2 aliphatic rings. The molecule has 5 unspecified atom stereocenters. The van der Waals surface area contributed by atoms with Crippen molar-refractivity contribution in [3.05, 3.63) is 60.3 Å². The monoisotopic (exact) mass is 408 g/mol. The maximum absolute atomic E-state index is 7.02. The van der Waals surface area contributed by atoms with Crippen LogP contribution in [0.5, 0.6) is 0 Å². The molecule has 1 heterocycles. The zero-order chi connectivity index (χ0) is 21.4. The highest BCUT2D eigenvalue weighted by atomic mass is 35.5. The first-order valence-electron chi connectivity index (χ1n) is 10.6. The molecule has 0 aliphatic heterocycles. The van der Waals surface area contributed by atoms with Gasteiger partial charge in [-0.25, -0.2) is 0 Å². The fraction of sp³-hybridized carbons (Fsp3) is 0.500. The molecule has 1 saturated carbocycles. The van der Waals surface area contributed by atoms with Crippen molar-refractivity contribution >= 4 is 29.2 Å². The van der Waals surface area contributed by atoms with Crippen LogP contribution in [0.15, 0.2) is 48.5 Å². The highest BCUT2D eigenvalue weighted by Gasteiger charge is 2.57. The number of hydrogen-bond acceptors (Lipinski definition) is 1. The first-order valence-corrected chi connectivity index (χ1v) is 11.0. The molecule has 2 nitrogen and oxygen atoms in total. The Morgan fingerprint density at radius 3 is 2.52 bits per heavy atom. The Labute approximate surface area is 180 Å². The number of alkyl halides is 1. The van der Waals surface area contributed by atoms with Crippen molar-refractivity contribution in [2.24, 2.45) is 16.3 Å². The van der Waals surface area contributed by atoms with E-state index in [-0.39, 0.29) is 33.6 Å². The molecule has 1 N–H and O–H groups in total. The van der Waals surface area contributed by atoms with E-state index in [1.54, 1.807) is 0 Å². The smallest absolute Gasteiger partial charge is 0.0666 e. The number of allylic oxidation sites excluding steroid dienone is 1. The molecule has 5 atom stereocenters. The standard InChI is InChI=1S/C26H33ClN2/c1-9-24(3,4)22-21-19-15(12-11-13-17(19)29-22)25(5,6)16-14-18(27)26(7,10-2)23(28-8)20(16)21/h9-13,16,18,20,23,29H,1-2,8,14H2,3-7H3. The molecule has 0 radical (unpaired) electrons. The zero-order valence-electron chi connectivity index (χ0n) is 18.3. The Morgan fingerprint density at radius 2 is 1.93 bits per heavy atom. The normalized spacial score (nSPS) is 33.2. The fourth-order valence-corrected chi connectivity index (χ4v) is 6.44. The predicted molar refractivity (Wildman–Crippen MR) is 127 cm³/mol. The molecule has 4 rings (SSSR count). The lowest BCUT2D eigenvalue weighted by molar-refractivity contribution is 0.108. The quantitative estimate of drug-likeness (QED) is 0.324. The lowest BCUT2D eigenvalue weighted by Gasteiger charge is -2.56. The summed E-state index contributed by atoms with van der Waals surface area (Å²) in [6, 6.07) is 6.63. The third-order valence-electron chi connectivity index (χ3n) is 8.16. The lowest BCUT2D eigenvalue weighted by Crippen LogP contribution is -2.54. The second kappa shape index (κ2) is 6.35. The van der Waals surface area contributed by atoms with Crippen LogP contribution in [0.4, 0.5) is 0 Å². The third-order valence-corrected chi connectivity index (χ3v) is 8.80. The molecule has 29 heavy (non-hydrogen) atoms. The van der Waals surface area contributed by atoms with Crippen molar-refractivity contribution in [1.82, 2.24) is 4.98 Å². The maximum atomic E-state index is 7.02. The van der Waals surface area contributed by atoms with Gasteiger partial charge in [0.1, 0.15) is 0 Å². The summed E-state index contributed by atoms with van der Waals surface area (Å²) < 4.78 is 0. The van der Waals surface area contributed by atoms with Crippen LogP contribution in [0.25, 0.3) is 10.9 Å². The van der Waals surface area contributed by atoms with E-state index in [0.29, 0.717) is 5.92 Å². The molecule has 1 aromatic carbocycles. The number of benzene rings is 1. The van der Waals surface area contributed by atoms with Gasteiger partial charge in [0, 0.05) is 38.7 Å². The first-order chi connectivity index (χ1) is 13.5. The van der Waals surface area contributed by atoms with E-state index in [2.05, 4.69) is 77.7 Å². The number of rotatable bonds is 4. The van der Waals surface area contributed by atoms with Crippen LogP contribution in [0.2, 0.25) is 0 Å². The summed E-state index contributed by atoms with van der Waals surface area (Å²) in [5.41, 5.74) is 4.76. The van der Waals surface area contributed by atoms with Gasteiger partial charge in [0.25, 0.3) is 0 Å². The van der Waals surface area contributed by atoms with Crippen LogP contribution in [-0.2, 0) is 10.8 Å². The molecule has 2 aliphatic carbocycles. The average molecular weight is 409 g/mol. The molecule has 1 fully saturated rings. The highest BCUT2D eigenvalue weighted by molar-refractivity contribution is 6.21. The highest BCUT2D eigenvalue weighted by Crippen LogP contribution is 2.62. The first kappa shape index (κ1) is 20.5. The van der Waals surface area contributed by atoms with Gasteiger partial charge in [0.2, 0.25) is 0 Å². The van der Waals surface area contributed by atoms with Crippen molar-refractivity contribution < 1.29 is 0 Å². The van der Waals surface area contributed by atoms with Gasteiger partial charge in [-0.3, -0.25) is 4.99 Å². The summed E-state index contributed by atoms with van der Waals surface area (Å²) >= 11 is 7.02. The zero-order valence-corrected chi connectivity index (χ0v) is 19.1. The molecule has 0 saturated heterocycles. The van der Waals surface area contributed by atoms with E-state index < -0.39 is 0 Å². The minimum Gasteiger partial charge on any atom is -0.357 e. The lowest BCUT2D eigenvalue weighted by atomic mass is 9.50. The minimum atomic E-state index is -0.300. The SMILES string of the molecule is C=CC(C)(C)c1[nH]c2cccc3c2c1C1C(CC(Cl)C(C)(C=C)C1N=C)C3(C)C. The number of nitrogens with one attached hydrogen (secondary N) is 1. The predicted octanol–water partition coefficient (Wildman–Crippen LogP) is 6.90. The number of halogens is 1. The molecule has 1 aromatic heterocycles. The molecular formula is C26H33ClN2.